The van der Waals surface area contributed by atoms with E-state index in [9.17, 15) is 4.39 Å². The van der Waals surface area contributed by atoms with E-state index in [-0.39, 0.29) is 5.82 Å². The first-order valence-electron chi connectivity index (χ1n) is 5.65. The third-order valence-electron chi connectivity index (χ3n) is 2.67. The van der Waals surface area contributed by atoms with Crippen molar-refractivity contribution >= 4 is 38.3 Å². The van der Waals surface area contributed by atoms with Gasteiger partial charge in [0.25, 0.3) is 0 Å². The second kappa shape index (κ2) is 4.93. The van der Waals surface area contributed by atoms with Crippen LogP contribution in [-0.2, 0) is 0 Å². The minimum atomic E-state index is -0.402. The Kier molecular flexibility index (Phi) is 3.13. The molecule has 0 aliphatic rings. The predicted octanol–water partition coefficient (Wildman–Crippen LogP) is 4.28. The number of rotatable bonds is 2. The van der Waals surface area contributed by atoms with E-state index >= 15 is 0 Å². The Morgan fingerprint density at radius 2 is 2.00 bits per heavy atom. The summed E-state index contributed by atoms with van der Waals surface area (Å²) in [6.45, 7) is 0. The lowest BCUT2D eigenvalue weighted by Crippen LogP contribution is -1.97. The molecule has 0 saturated heterocycles. The number of hydrogen-bond donors (Lipinski definition) is 1. The number of nitrogens with zero attached hydrogens (tertiary/aromatic N) is 2. The quantitative estimate of drug-likeness (QED) is 0.766. The van der Waals surface area contributed by atoms with Gasteiger partial charge in [0.2, 0.25) is 0 Å². The van der Waals surface area contributed by atoms with E-state index in [1.165, 1.54) is 6.07 Å². The minimum Gasteiger partial charge on any atom is -0.338 e. The summed E-state index contributed by atoms with van der Waals surface area (Å²) in [6, 6.07) is 10.8. The van der Waals surface area contributed by atoms with E-state index in [1.54, 1.807) is 12.4 Å². The molecule has 0 bridgehead atoms. The van der Waals surface area contributed by atoms with Crippen molar-refractivity contribution in [2.24, 2.45) is 0 Å². The number of hydrogen-bond acceptors (Lipinski definition) is 3. The molecule has 5 heteroatoms. The Labute approximate surface area is 117 Å². The number of halogens is 2. The van der Waals surface area contributed by atoms with E-state index in [0.717, 1.165) is 16.6 Å². The fraction of sp³-hybridized carbons (Fsp3) is 0. The van der Waals surface area contributed by atoms with Crippen molar-refractivity contribution < 1.29 is 4.39 Å². The highest BCUT2D eigenvalue weighted by atomic mass is 79.9. The minimum absolute atomic E-state index is 0.200. The third-order valence-corrected chi connectivity index (χ3v) is 3.11. The third kappa shape index (κ3) is 2.56. The first kappa shape index (κ1) is 12.0. The molecule has 2 heterocycles. The average molecular weight is 318 g/mol. The van der Waals surface area contributed by atoms with Crippen molar-refractivity contribution in [2.75, 3.05) is 5.32 Å². The maximum Gasteiger partial charge on any atom is 0.166 e. The normalized spacial score (nSPS) is 10.6. The van der Waals surface area contributed by atoms with Crippen molar-refractivity contribution in [3.05, 3.63) is 59.1 Å². The first-order chi connectivity index (χ1) is 9.22. The van der Waals surface area contributed by atoms with Crippen LogP contribution < -0.4 is 5.32 Å². The van der Waals surface area contributed by atoms with Crippen LogP contribution in [0.25, 0.3) is 10.9 Å². The van der Waals surface area contributed by atoms with Crippen LogP contribution in [0.2, 0.25) is 0 Å². The van der Waals surface area contributed by atoms with Gasteiger partial charge in [-0.3, -0.25) is 4.98 Å². The molecule has 0 radical (unpaired) electrons. The maximum atomic E-state index is 13.7. The van der Waals surface area contributed by atoms with E-state index in [4.69, 9.17) is 0 Å². The lowest BCUT2D eigenvalue weighted by Gasteiger charge is -2.07. The summed E-state index contributed by atoms with van der Waals surface area (Å²) in [7, 11) is 0. The van der Waals surface area contributed by atoms with Crippen LogP contribution in [0.15, 0.2) is 53.3 Å². The zero-order valence-corrected chi connectivity index (χ0v) is 11.4. The summed E-state index contributed by atoms with van der Waals surface area (Å²) in [5.74, 6) is -0.202. The molecule has 3 rings (SSSR count). The standard InChI is InChI=1S/C14H9BrFN3/c15-10-7-12(16)14(18-8-10)19-11-3-4-13-9(6-11)2-1-5-17-13/h1-8H,(H,18,19). The molecule has 2 aromatic heterocycles. The van der Waals surface area contributed by atoms with Crippen LogP contribution in [0.1, 0.15) is 0 Å². The summed E-state index contributed by atoms with van der Waals surface area (Å²) in [4.78, 5) is 8.24. The van der Waals surface area contributed by atoms with Crippen molar-refractivity contribution in [1.29, 1.82) is 0 Å². The van der Waals surface area contributed by atoms with Crippen LogP contribution in [0.4, 0.5) is 15.9 Å². The van der Waals surface area contributed by atoms with E-state index in [1.807, 2.05) is 30.3 Å². The Morgan fingerprint density at radius 3 is 2.84 bits per heavy atom. The van der Waals surface area contributed by atoms with Gasteiger partial charge in [-0.1, -0.05) is 6.07 Å². The van der Waals surface area contributed by atoms with E-state index in [0.29, 0.717) is 4.47 Å². The fourth-order valence-electron chi connectivity index (χ4n) is 1.80. The van der Waals surface area contributed by atoms with Crippen molar-refractivity contribution in [3.8, 4) is 0 Å². The van der Waals surface area contributed by atoms with Gasteiger partial charge in [0.15, 0.2) is 11.6 Å². The average Bonchev–Trinajstić information content (AvgIpc) is 2.42. The first-order valence-corrected chi connectivity index (χ1v) is 6.44. The highest BCUT2D eigenvalue weighted by Crippen LogP contribution is 2.23. The second-order valence-electron chi connectivity index (χ2n) is 4.02. The highest BCUT2D eigenvalue weighted by Gasteiger charge is 2.05. The molecule has 19 heavy (non-hydrogen) atoms. The Hall–Kier alpha value is -2.01. The van der Waals surface area contributed by atoms with Gasteiger partial charge in [-0.15, -0.1) is 0 Å². The molecule has 94 valence electrons. The Bertz CT molecular complexity index is 746. The lowest BCUT2D eigenvalue weighted by molar-refractivity contribution is 0.625. The largest absolute Gasteiger partial charge is 0.338 e. The van der Waals surface area contributed by atoms with Gasteiger partial charge in [0, 0.05) is 27.9 Å². The molecular weight excluding hydrogens is 309 g/mol. The molecule has 1 aromatic carbocycles. The van der Waals surface area contributed by atoms with Crippen LogP contribution >= 0.6 is 15.9 Å². The zero-order valence-electron chi connectivity index (χ0n) is 9.77. The van der Waals surface area contributed by atoms with Crippen LogP contribution in [0.5, 0.6) is 0 Å². The van der Waals surface area contributed by atoms with Gasteiger partial charge >= 0.3 is 0 Å². The number of benzene rings is 1. The number of aromatic nitrogens is 2. The maximum absolute atomic E-state index is 13.7. The lowest BCUT2D eigenvalue weighted by atomic mass is 10.2. The summed E-state index contributed by atoms with van der Waals surface area (Å²) >= 11 is 3.18. The molecule has 3 nitrogen and oxygen atoms in total. The van der Waals surface area contributed by atoms with Gasteiger partial charge in [0.05, 0.1) is 5.52 Å². The number of fused-ring (bicyclic) bond motifs is 1. The van der Waals surface area contributed by atoms with Gasteiger partial charge in [-0.25, -0.2) is 9.37 Å². The topological polar surface area (TPSA) is 37.8 Å². The number of nitrogens with one attached hydrogen (secondary N) is 1. The molecule has 0 spiro atoms. The molecule has 0 unspecified atom stereocenters. The fourth-order valence-corrected chi connectivity index (χ4v) is 2.10. The molecule has 0 atom stereocenters. The second-order valence-corrected chi connectivity index (χ2v) is 4.94. The van der Waals surface area contributed by atoms with Gasteiger partial charge < -0.3 is 5.32 Å². The van der Waals surface area contributed by atoms with Crippen LogP contribution in [0, 0.1) is 5.82 Å². The SMILES string of the molecule is Fc1cc(Br)cnc1Nc1ccc2ncccc2c1. The predicted molar refractivity (Wildman–Crippen MR) is 76.9 cm³/mol. The number of pyridine rings is 2. The van der Waals surface area contributed by atoms with Gasteiger partial charge in [-0.2, -0.15) is 0 Å². The molecular formula is C14H9BrFN3. The van der Waals surface area contributed by atoms with Crippen LogP contribution in [0.3, 0.4) is 0 Å². The molecule has 1 N–H and O–H groups in total. The van der Waals surface area contributed by atoms with E-state index < -0.39 is 5.82 Å². The van der Waals surface area contributed by atoms with Crippen LogP contribution in [-0.4, -0.2) is 9.97 Å². The van der Waals surface area contributed by atoms with Crippen molar-refractivity contribution in [3.63, 3.8) is 0 Å². The van der Waals surface area contributed by atoms with Gasteiger partial charge in [0.1, 0.15) is 0 Å². The summed E-state index contributed by atoms with van der Waals surface area (Å²) in [5, 5.41) is 3.95. The molecule has 0 amide bonds. The van der Waals surface area contributed by atoms with Crippen molar-refractivity contribution in [1.82, 2.24) is 9.97 Å². The molecule has 0 aliphatic heterocycles. The highest BCUT2D eigenvalue weighted by molar-refractivity contribution is 9.10. The summed E-state index contributed by atoms with van der Waals surface area (Å²) in [5.41, 5.74) is 1.67. The Balaban J connectivity index is 1.96. The molecule has 0 saturated carbocycles. The molecule has 0 aliphatic carbocycles. The number of anilines is 2. The van der Waals surface area contributed by atoms with E-state index in [2.05, 4.69) is 31.2 Å². The smallest absolute Gasteiger partial charge is 0.166 e. The zero-order chi connectivity index (χ0) is 13.2. The monoisotopic (exact) mass is 317 g/mol. The molecule has 3 aromatic rings. The van der Waals surface area contributed by atoms with Gasteiger partial charge in [-0.05, 0) is 46.3 Å². The molecule has 0 fully saturated rings. The Morgan fingerprint density at radius 1 is 1.11 bits per heavy atom. The van der Waals surface area contributed by atoms with Crippen molar-refractivity contribution in [2.45, 2.75) is 0 Å². The summed E-state index contributed by atoms with van der Waals surface area (Å²) < 4.78 is 14.3. The summed E-state index contributed by atoms with van der Waals surface area (Å²) in [6.07, 6.45) is 3.29.